The van der Waals surface area contributed by atoms with Crippen LogP contribution in [0.15, 0.2) is 0 Å². The molecule has 0 bridgehead atoms. The summed E-state index contributed by atoms with van der Waals surface area (Å²) in [4.78, 5) is 14.3. The first-order valence-electron chi connectivity index (χ1n) is 5.62. The van der Waals surface area contributed by atoms with Crippen molar-refractivity contribution >= 4 is 33.6 Å². The van der Waals surface area contributed by atoms with Gasteiger partial charge in [-0.2, -0.15) is 0 Å². The summed E-state index contributed by atoms with van der Waals surface area (Å²) in [7, 11) is 1.67. The molecule has 0 saturated carbocycles. The van der Waals surface area contributed by atoms with Crippen LogP contribution in [0.3, 0.4) is 0 Å². The summed E-state index contributed by atoms with van der Waals surface area (Å²) in [6.45, 7) is 4.13. The summed E-state index contributed by atoms with van der Waals surface area (Å²) < 4.78 is 4.85. The topological polar surface area (TPSA) is 29.5 Å². The zero-order valence-corrected chi connectivity index (χ0v) is 12.4. The summed E-state index contributed by atoms with van der Waals surface area (Å²) >= 11 is 5.19. The minimum Gasteiger partial charge on any atom is -0.383 e. The number of carbonyl (C=O) groups is 1. The summed E-state index contributed by atoms with van der Waals surface area (Å²) in [6, 6.07) is 0. The minimum absolute atomic E-state index is 0.199. The van der Waals surface area contributed by atoms with Gasteiger partial charge in [0.2, 0.25) is 5.91 Å². The molecule has 1 atom stereocenters. The Kier molecular flexibility index (Phi) is 6.15. The molecule has 1 aliphatic heterocycles. The van der Waals surface area contributed by atoms with Crippen LogP contribution in [-0.4, -0.2) is 53.4 Å². The highest BCUT2D eigenvalue weighted by atomic mass is 79.9. The molecule has 94 valence electrons. The average Bonchev–Trinajstić information content (AvgIpc) is 2.72. The maximum Gasteiger partial charge on any atom is 0.238 e. The Hall–Kier alpha value is 0.260. The number of hydrogen-bond donors (Lipinski definition) is 0. The first-order chi connectivity index (χ1) is 7.64. The van der Waals surface area contributed by atoms with Crippen LogP contribution in [0, 0.1) is 0 Å². The number of thioether (sulfide) groups is 1. The molecule has 0 aliphatic carbocycles. The van der Waals surface area contributed by atoms with Crippen LogP contribution in [0.1, 0.15) is 19.8 Å². The van der Waals surface area contributed by atoms with Gasteiger partial charge in [-0.1, -0.05) is 15.9 Å². The number of carbonyl (C=O) groups excluding carboxylic acids is 1. The first-order valence-corrected chi connectivity index (χ1v) is 7.73. The standard InChI is InChI=1S/C11H20BrNO2S/c1-11(4-3-9-16-11)10(14)13(6-5-12)7-8-15-2/h3-9H2,1-2H3. The van der Waals surface area contributed by atoms with Gasteiger partial charge < -0.3 is 9.64 Å². The molecule has 0 spiro atoms. The smallest absolute Gasteiger partial charge is 0.238 e. The summed E-state index contributed by atoms with van der Waals surface area (Å²) in [5.41, 5.74) is 0. The average molecular weight is 310 g/mol. The molecule has 1 aliphatic rings. The highest BCUT2D eigenvalue weighted by Crippen LogP contribution is 2.39. The van der Waals surface area contributed by atoms with Gasteiger partial charge in [0, 0.05) is 25.5 Å². The van der Waals surface area contributed by atoms with Gasteiger partial charge in [0.05, 0.1) is 11.4 Å². The van der Waals surface area contributed by atoms with E-state index in [1.807, 2.05) is 4.90 Å². The Balaban J connectivity index is 2.58. The van der Waals surface area contributed by atoms with Gasteiger partial charge in [-0.15, -0.1) is 11.8 Å². The molecule has 16 heavy (non-hydrogen) atoms. The number of hydrogen-bond acceptors (Lipinski definition) is 3. The number of rotatable bonds is 6. The Morgan fingerprint density at radius 3 is 2.81 bits per heavy atom. The lowest BCUT2D eigenvalue weighted by Gasteiger charge is -2.30. The van der Waals surface area contributed by atoms with Crippen molar-refractivity contribution in [2.45, 2.75) is 24.5 Å². The number of halogens is 1. The van der Waals surface area contributed by atoms with E-state index in [2.05, 4.69) is 22.9 Å². The fraction of sp³-hybridized carbons (Fsp3) is 0.909. The second-order valence-corrected chi connectivity index (χ2v) is 6.55. The SMILES string of the molecule is COCCN(CCBr)C(=O)C1(C)CCCS1. The summed E-state index contributed by atoms with van der Waals surface area (Å²) in [5.74, 6) is 1.38. The van der Waals surface area contributed by atoms with E-state index in [0.717, 1.165) is 30.5 Å². The zero-order valence-electron chi connectivity index (χ0n) is 10.00. The molecule has 0 aromatic carbocycles. The van der Waals surface area contributed by atoms with Crippen molar-refractivity contribution in [2.24, 2.45) is 0 Å². The number of nitrogens with zero attached hydrogens (tertiary/aromatic N) is 1. The molecular formula is C11H20BrNO2S. The van der Waals surface area contributed by atoms with Gasteiger partial charge in [0.1, 0.15) is 0 Å². The van der Waals surface area contributed by atoms with Crippen molar-refractivity contribution < 1.29 is 9.53 Å². The molecule has 1 fully saturated rings. The number of amides is 1. The van der Waals surface area contributed by atoms with E-state index < -0.39 is 0 Å². The number of alkyl halides is 1. The second kappa shape index (κ2) is 6.87. The van der Waals surface area contributed by atoms with Crippen LogP contribution in [0.25, 0.3) is 0 Å². The van der Waals surface area contributed by atoms with Crippen LogP contribution < -0.4 is 0 Å². The first kappa shape index (κ1) is 14.3. The fourth-order valence-corrected chi connectivity index (χ4v) is 3.61. The highest BCUT2D eigenvalue weighted by molar-refractivity contribution is 9.09. The van der Waals surface area contributed by atoms with Gasteiger partial charge >= 0.3 is 0 Å². The van der Waals surface area contributed by atoms with E-state index >= 15 is 0 Å². The van der Waals surface area contributed by atoms with Crippen LogP contribution in [0.2, 0.25) is 0 Å². The maximum atomic E-state index is 12.4. The van der Waals surface area contributed by atoms with Crippen LogP contribution in [0.5, 0.6) is 0 Å². The molecule has 1 heterocycles. The Morgan fingerprint density at radius 1 is 1.56 bits per heavy atom. The van der Waals surface area contributed by atoms with Crippen molar-refractivity contribution in [3.05, 3.63) is 0 Å². The Labute approximate surface area is 110 Å². The fourth-order valence-electron chi connectivity index (χ4n) is 1.90. The van der Waals surface area contributed by atoms with E-state index in [-0.39, 0.29) is 10.7 Å². The third kappa shape index (κ3) is 3.64. The van der Waals surface area contributed by atoms with Gasteiger partial charge in [0.25, 0.3) is 0 Å². The van der Waals surface area contributed by atoms with E-state index in [1.165, 1.54) is 0 Å². The molecule has 1 unspecified atom stereocenters. The van der Waals surface area contributed by atoms with Gasteiger partial charge in [-0.05, 0) is 25.5 Å². The van der Waals surface area contributed by atoms with E-state index in [0.29, 0.717) is 13.2 Å². The van der Waals surface area contributed by atoms with Crippen molar-refractivity contribution in [3.63, 3.8) is 0 Å². The largest absolute Gasteiger partial charge is 0.383 e. The molecule has 1 saturated heterocycles. The second-order valence-electron chi connectivity index (χ2n) is 4.16. The van der Waals surface area contributed by atoms with E-state index in [4.69, 9.17) is 4.74 Å². The molecule has 5 heteroatoms. The number of methoxy groups -OCH3 is 1. The Bertz CT molecular complexity index is 232. The van der Waals surface area contributed by atoms with Gasteiger partial charge in [-0.3, -0.25) is 4.79 Å². The molecule has 3 nitrogen and oxygen atoms in total. The van der Waals surface area contributed by atoms with E-state index in [1.54, 1.807) is 18.9 Å². The summed E-state index contributed by atoms with van der Waals surface area (Å²) in [5, 5.41) is 0.823. The predicted octanol–water partition coefficient (Wildman–Crippen LogP) is 2.14. The highest BCUT2D eigenvalue weighted by Gasteiger charge is 2.39. The van der Waals surface area contributed by atoms with Crippen molar-refractivity contribution in [1.82, 2.24) is 4.90 Å². The number of ether oxygens (including phenoxy) is 1. The lowest BCUT2D eigenvalue weighted by atomic mass is 10.0. The molecule has 0 radical (unpaired) electrons. The predicted molar refractivity (Wildman–Crippen MR) is 72.3 cm³/mol. The maximum absolute atomic E-state index is 12.4. The van der Waals surface area contributed by atoms with Crippen molar-refractivity contribution in [1.29, 1.82) is 0 Å². The van der Waals surface area contributed by atoms with Crippen molar-refractivity contribution in [3.8, 4) is 0 Å². The van der Waals surface area contributed by atoms with Gasteiger partial charge in [0.15, 0.2) is 0 Å². The van der Waals surface area contributed by atoms with Crippen LogP contribution >= 0.6 is 27.7 Å². The third-order valence-corrected chi connectivity index (χ3v) is 4.74. The summed E-state index contributed by atoms with van der Waals surface area (Å²) in [6.07, 6.45) is 2.15. The molecule has 1 rings (SSSR count). The quantitative estimate of drug-likeness (QED) is 0.704. The Morgan fingerprint density at radius 2 is 2.31 bits per heavy atom. The lowest BCUT2D eigenvalue weighted by Crippen LogP contribution is -2.46. The molecular weight excluding hydrogens is 290 g/mol. The van der Waals surface area contributed by atoms with E-state index in [9.17, 15) is 4.79 Å². The monoisotopic (exact) mass is 309 g/mol. The normalized spacial score (nSPS) is 24.7. The molecule has 1 amide bonds. The molecule has 0 aromatic heterocycles. The molecule has 0 aromatic rings. The third-order valence-electron chi connectivity index (χ3n) is 2.88. The lowest BCUT2D eigenvalue weighted by molar-refractivity contribution is -0.133. The van der Waals surface area contributed by atoms with Crippen LogP contribution in [0.4, 0.5) is 0 Å². The minimum atomic E-state index is -0.199. The van der Waals surface area contributed by atoms with Gasteiger partial charge in [-0.25, -0.2) is 0 Å². The zero-order chi connectivity index (χ0) is 12.0. The van der Waals surface area contributed by atoms with Crippen molar-refractivity contribution in [2.75, 3.05) is 37.9 Å². The van der Waals surface area contributed by atoms with Crippen LogP contribution in [-0.2, 0) is 9.53 Å². The molecule has 0 N–H and O–H groups in total.